The minimum Gasteiger partial charge on any atom is -0.507 e. The average Bonchev–Trinajstić information content (AvgIpc) is 3.18. The molecule has 2 heterocycles. The lowest BCUT2D eigenvalue weighted by Gasteiger charge is -2.26. The Labute approximate surface area is 185 Å². The van der Waals surface area contributed by atoms with Crippen molar-refractivity contribution in [3.8, 4) is 0 Å². The first-order valence-electron chi connectivity index (χ1n) is 10.1. The van der Waals surface area contributed by atoms with E-state index in [-0.39, 0.29) is 28.9 Å². The van der Waals surface area contributed by atoms with E-state index in [1.54, 1.807) is 19.9 Å². The number of aromatic amines is 1. The van der Waals surface area contributed by atoms with Gasteiger partial charge in [0.1, 0.15) is 17.3 Å². The highest BCUT2D eigenvalue weighted by molar-refractivity contribution is 6.46. The van der Waals surface area contributed by atoms with Crippen LogP contribution in [0.2, 0.25) is 0 Å². The van der Waals surface area contributed by atoms with Gasteiger partial charge in [-0.15, -0.1) is 0 Å². The molecule has 32 heavy (non-hydrogen) atoms. The largest absolute Gasteiger partial charge is 0.507 e. The smallest absolute Gasteiger partial charge is 0.354 e. The molecule has 170 valence electrons. The molecule has 1 amide bonds. The molecule has 1 saturated heterocycles. The molecule has 1 aromatic heterocycles. The van der Waals surface area contributed by atoms with Gasteiger partial charge in [-0.2, -0.15) is 0 Å². The summed E-state index contributed by atoms with van der Waals surface area (Å²) >= 11 is 0. The number of H-pyrrole nitrogens is 1. The van der Waals surface area contributed by atoms with Crippen LogP contribution in [-0.2, 0) is 14.3 Å². The first-order chi connectivity index (χ1) is 15.1. The Morgan fingerprint density at radius 3 is 2.50 bits per heavy atom. The number of likely N-dealkylation sites (N-methyl/N-ethyl adjacent to an activating group) is 1. The maximum Gasteiger partial charge on any atom is 0.354 e. The number of ether oxygens (including phenoxy) is 1. The first-order valence-corrected chi connectivity index (χ1v) is 10.1. The Bertz CT molecular complexity index is 1120. The van der Waals surface area contributed by atoms with Crippen LogP contribution in [0.4, 0.5) is 4.39 Å². The number of halogens is 1. The zero-order chi connectivity index (χ0) is 23.7. The van der Waals surface area contributed by atoms with E-state index in [0.29, 0.717) is 17.8 Å². The Hall–Kier alpha value is -3.46. The van der Waals surface area contributed by atoms with Crippen molar-refractivity contribution >= 4 is 23.4 Å². The number of benzene rings is 1. The fraction of sp³-hybridized carbons (Fsp3) is 0.348. The van der Waals surface area contributed by atoms with Gasteiger partial charge in [-0.25, -0.2) is 9.18 Å². The number of carbonyl (C=O) groups excluding carboxylic acids is 3. The van der Waals surface area contributed by atoms with E-state index in [2.05, 4.69) is 4.98 Å². The van der Waals surface area contributed by atoms with Gasteiger partial charge in [-0.3, -0.25) is 9.59 Å². The molecule has 1 aliphatic rings. The molecule has 1 aliphatic heterocycles. The van der Waals surface area contributed by atoms with Crippen molar-refractivity contribution < 1.29 is 28.6 Å². The molecule has 0 radical (unpaired) electrons. The number of likely N-dealkylation sites (tertiary alicyclic amines) is 1. The van der Waals surface area contributed by atoms with E-state index in [0.717, 1.165) is 0 Å². The molecular formula is C23H26FN3O5. The lowest BCUT2D eigenvalue weighted by molar-refractivity contribution is -0.140. The normalized spacial score (nSPS) is 18.0. The van der Waals surface area contributed by atoms with Crippen molar-refractivity contribution in [1.29, 1.82) is 0 Å². The number of methoxy groups -OCH3 is 1. The monoisotopic (exact) mass is 443 g/mol. The zero-order valence-electron chi connectivity index (χ0n) is 18.7. The molecule has 0 aliphatic carbocycles. The highest BCUT2D eigenvalue weighted by Gasteiger charge is 2.47. The second-order valence-electron chi connectivity index (χ2n) is 7.93. The van der Waals surface area contributed by atoms with Crippen LogP contribution < -0.4 is 0 Å². The topological polar surface area (TPSA) is 103 Å². The second-order valence-corrected chi connectivity index (χ2v) is 7.93. The fourth-order valence-corrected chi connectivity index (χ4v) is 3.98. The molecule has 1 aromatic carbocycles. The van der Waals surface area contributed by atoms with Gasteiger partial charge in [0.05, 0.1) is 18.7 Å². The van der Waals surface area contributed by atoms with Gasteiger partial charge < -0.3 is 24.6 Å². The number of esters is 1. The number of Topliss-reactive ketones (excluding diaryl/α,β-unsaturated/α-hetero) is 1. The van der Waals surface area contributed by atoms with Gasteiger partial charge in [-0.05, 0) is 39.6 Å². The van der Waals surface area contributed by atoms with Crippen molar-refractivity contribution in [3.63, 3.8) is 0 Å². The highest BCUT2D eigenvalue weighted by Crippen LogP contribution is 2.41. The predicted octanol–water partition coefficient (Wildman–Crippen LogP) is 2.54. The van der Waals surface area contributed by atoms with Crippen LogP contribution in [0, 0.1) is 19.7 Å². The molecule has 8 nitrogen and oxygen atoms in total. The summed E-state index contributed by atoms with van der Waals surface area (Å²) in [6.45, 7) is 3.80. The quantitative estimate of drug-likeness (QED) is 0.308. The van der Waals surface area contributed by atoms with Crippen LogP contribution in [0.5, 0.6) is 0 Å². The van der Waals surface area contributed by atoms with Gasteiger partial charge in [0.2, 0.25) is 0 Å². The number of rotatable bonds is 6. The number of hydrogen-bond acceptors (Lipinski definition) is 6. The summed E-state index contributed by atoms with van der Waals surface area (Å²) in [5.41, 5.74) is 0.977. The number of nitrogens with one attached hydrogen (secondary N) is 1. The van der Waals surface area contributed by atoms with Crippen molar-refractivity contribution in [3.05, 3.63) is 63.7 Å². The molecule has 0 unspecified atom stereocenters. The Balaban J connectivity index is 2.24. The van der Waals surface area contributed by atoms with Crippen LogP contribution in [0.25, 0.3) is 5.76 Å². The summed E-state index contributed by atoms with van der Waals surface area (Å²) in [5, 5.41) is 11.2. The summed E-state index contributed by atoms with van der Waals surface area (Å²) in [6, 6.07) is 4.73. The maximum atomic E-state index is 14.8. The fourth-order valence-electron chi connectivity index (χ4n) is 3.98. The lowest BCUT2D eigenvalue weighted by Crippen LogP contribution is -2.35. The van der Waals surface area contributed by atoms with Crippen LogP contribution >= 0.6 is 0 Å². The number of aliphatic hydroxyl groups is 1. The third kappa shape index (κ3) is 3.91. The summed E-state index contributed by atoms with van der Waals surface area (Å²) < 4.78 is 19.5. The first kappa shape index (κ1) is 23.2. The summed E-state index contributed by atoms with van der Waals surface area (Å²) in [6.07, 6.45) is 0. The summed E-state index contributed by atoms with van der Waals surface area (Å²) in [5.74, 6) is -3.43. The molecule has 2 aromatic rings. The Kier molecular flexibility index (Phi) is 6.50. The van der Waals surface area contributed by atoms with Gasteiger partial charge in [0.15, 0.2) is 0 Å². The summed E-state index contributed by atoms with van der Waals surface area (Å²) in [4.78, 5) is 44.0. The third-order valence-corrected chi connectivity index (χ3v) is 5.59. The number of aromatic nitrogens is 1. The number of aryl methyl sites for hydroxylation is 1. The molecule has 2 N–H and O–H groups in total. The molecule has 0 saturated carbocycles. The minimum absolute atomic E-state index is 0.103. The second kappa shape index (κ2) is 8.96. The van der Waals surface area contributed by atoms with E-state index in [4.69, 9.17) is 4.74 Å². The molecule has 1 fully saturated rings. The van der Waals surface area contributed by atoms with Crippen molar-refractivity contribution in [2.24, 2.45) is 0 Å². The molecule has 0 spiro atoms. The van der Waals surface area contributed by atoms with Gasteiger partial charge in [0, 0.05) is 29.9 Å². The third-order valence-electron chi connectivity index (χ3n) is 5.59. The zero-order valence-corrected chi connectivity index (χ0v) is 18.7. The number of amides is 1. The maximum absolute atomic E-state index is 14.8. The van der Waals surface area contributed by atoms with Crippen LogP contribution in [0.3, 0.4) is 0 Å². The number of aliphatic hydroxyl groups excluding tert-OH is 1. The van der Waals surface area contributed by atoms with E-state index in [9.17, 15) is 23.9 Å². The average molecular weight is 443 g/mol. The summed E-state index contributed by atoms with van der Waals surface area (Å²) in [7, 11) is 4.86. The van der Waals surface area contributed by atoms with E-state index in [1.807, 2.05) is 19.0 Å². The standard InChI is InChI=1S/C23H26FN3O5/c1-12-16(13(2)25-18(12)23(31)32-5)20(28)17-19(14-8-6-7-9-15(14)24)27(11-10-26(3)4)22(30)21(17)29/h6-9,19,25,28H,10-11H2,1-5H3/t19-/m0/s1. The van der Waals surface area contributed by atoms with E-state index in [1.165, 1.54) is 30.2 Å². The molecular weight excluding hydrogens is 417 g/mol. The number of ketones is 1. The van der Waals surface area contributed by atoms with Crippen LogP contribution in [0.15, 0.2) is 29.8 Å². The molecule has 9 heteroatoms. The van der Waals surface area contributed by atoms with Gasteiger partial charge >= 0.3 is 5.97 Å². The minimum atomic E-state index is -1.11. The van der Waals surface area contributed by atoms with Crippen molar-refractivity contribution in [2.45, 2.75) is 19.9 Å². The van der Waals surface area contributed by atoms with E-state index >= 15 is 0 Å². The lowest BCUT2D eigenvalue weighted by atomic mass is 9.93. The molecule has 1 atom stereocenters. The van der Waals surface area contributed by atoms with Crippen molar-refractivity contribution in [2.75, 3.05) is 34.3 Å². The van der Waals surface area contributed by atoms with Gasteiger partial charge in [-0.1, -0.05) is 18.2 Å². The molecule has 0 bridgehead atoms. The Morgan fingerprint density at radius 2 is 1.91 bits per heavy atom. The van der Waals surface area contributed by atoms with E-state index < -0.39 is 35.3 Å². The predicted molar refractivity (Wildman–Crippen MR) is 116 cm³/mol. The van der Waals surface area contributed by atoms with Crippen LogP contribution in [0.1, 0.15) is 38.9 Å². The number of hydrogen-bond donors (Lipinski definition) is 2. The Morgan fingerprint density at radius 1 is 1.25 bits per heavy atom. The molecule has 3 rings (SSSR count). The highest BCUT2D eigenvalue weighted by atomic mass is 19.1. The number of carbonyl (C=O) groups is 3. The van der Waals surface area contributed by atoms with Gasteiger partial charge in [0.25, 0.3) is 11.7 Å². The van der Waals surface area contributed by atoms with Crippen molar-refractivity contribution in [1.82, 2.24) is 14.8 Å². The number of nitrogens with zero attached hydrogens (tertiary/aromatic N) is 2. The van der Waals surface area contributed by atoms with Crippen LogP contribution in [-0.4, -0.2) is 71.8 Å². The SMILES string of the molecule is COC(=O)c1[nH]c(C)c(C(O)=C2C(=O)C(=O)N(CCN(C)C)[C@H]2c2ccccc2F)c1C.